The number of nitrogens with zero attached hydrogens (tertiary/aromatic N) is 1. The molecule has 0 fully saturated rings. The molecule has 0 aliphatic rings. The Kier molecular flexibility index (Phi) is 4.20. The van der Waals surface area contributed by atoms with Gasteiger partial charge in [-0.15, -0.1) is 11.8 Å². The van der Waals surface area contributed by atoms with Crippen LogP contribution in [0.4, 0.5) is 8.78 Å². The fourth-order valence-corrected chi connectivity index (χ4v) is 3.24. The van der Waals surface area contributed by atoms with E-state index >= 15 is 0 Å². The maximum absolute atomic E-state index is 13.6. The van der Waals surface area contributed by atoms with E-state index in [0.29, 0.717) is 21.4 Å². The fraction of sp³-hybridized carbons (Fsp3) is 0.0625. The summed E-state index contributed by atoms with van der Waals surface area (Å²) in [4.78, 5) is 18.3. The third-order valence-electron chi connectivity index (χ3n) is 3.34. The van der Waals surface area contributed by atoms with E-state index in [2.05, 4.69) is 9.97 Å². The second-order valence-corrected chi connectivity index (χ2v) is 5.76. The number of pyridine rings is 2. The van der Waals surface area contributed by atoms with E-state index in [4.69, 9.17) is 5.41 Å². The molecule has 4 nitrogen and oxygen atoms in total. The number of hydrogen-bond donors (Lipinski definition) is 2. The van der Waals surface area contributed by atoms with Gasteiger partial charge in [-0.05, 0) is 23.6 Å². The van der Waals surface area contributed by atoms with Crippen molar-refractivity contribution in [3.8, 4) is 0 Å². The van der Waals surface area contributed by atoms with Crippen molar-refractivity contribution in [1.29, 1.82) is 5.41 Å². The van der Waals surface area contributed by atoms with Crippen LogP contribution in [0.25, 0.3) is 10.8 Å². The first-order valence-electron chi connectivity index (χ1n) is 6.68. The summed E-state index contributed by atoms with van der Waals surface area (Å²) in [6.45, 7) is 0. The van der Waals surface area contributed by atoms with Crippen molar-refractivity contribution in [3.63, 3.8) is 0 Å². The minimum atomic E-state index is -0.575. The van der Waals surface area contributed by atoms with E-state index in [1.54, 1.807) is 12.1 Å². The van der Waals surface area contributed by atoms with Crippen LogP contribution in [0.3, 0.4) is 0 Å². The number of benzene rings is 1. The summed E-state index contributed by atoms with van der Waals surface area (Å²) in [5, 5.41) is 8.75. The summed E-state index contributed by atoms with van der Waals surface area (Å²) in [5.74, 6) is -0.783. The van der Waals surface area contributed by atoms with Gasteiger partial charge in [-0.3, -0.25) is 4.79 Å². The van der Waals surface area contributed by atoms with Crippen LogP contribution in [0.5, 0.6) is 0 Å². The molecule has 0 amide bonds. The van der Waals surface area contributed by atoms with Crippen LogP contribution in [0.1, 0.15) is 11.1 Å². The Labute approximate surface area is 134 Å². The molecule has 2 heterocycles. The molecule has 0 spiro atoms. The molecule has 3 rings (SSSR count). The van der Waals surface area contributed by atoms with Gasteiger partial charge in [0.25, 0.3) is 5.56 Å². The Bertz CT molecular complexity index is 956. The van der Waals surface area contributed by atoms with Crippen LogP contribution in [-0.2, 0) is 5.75 Å². The first kappa shape index (κ1) is 15.4. The van der Waals surface area contributed by atoms with E-state index in [1.807, 2.05) is 0 Å². The van der Waals surface area contributed by atoms with Gasteiger partial charge in [0, 0.05) is 29.1 Å². The van der Waals surface area contributed by atoms with Crippen molar-refractivity contribution in [3.05, 3.63) is 69.8 Å². The molecule has 0 unspecified atom stereocenters. The number of hydrogen-bond acceptors (Lipinski definition) is 4. The highest BCUT2D eigenvalue weighted by Gasteiger charge is 2.12. The SMILES string of the molecule is N=Cc1c(=O)[nH]c(SCc2cccnc2F)c2cc(F)ccc12. The summed E-state index contributed by atoms with van der Waals surface area (Å²) < 4.78 is 27.1. The number of rotatable bonds is 4. The number of halogens is 2. The number of aromatic amines is 1. The highest BCUT2D eigenvalue weighted by atomic mass is 32.2. The van der Waals surface area contributed by atoms with E-state index in [9.17, 15) is 13.6 Å². The molecule has 0 saturated heterocycles. The fourth-order valence-electron chi connectivity index (χ4n) is 2.23. The molecule has 0 aliphatic heterocycles. The van der Waals surface area contributed by atoms with Crippen LogP contribution < -0.4 is 5.56 Å². The third-order valence-corrected chi connectivity index (χ3v) is 4.41. The van der Waals surface area contributed by atoms with Crippen molar-refractivity contribution in [2.75, 3.05) is 0 Å². The predicted octanol–water partition coefficient (Wildman–Crippen LogP) is 3.49. The van der Waals surface area contributed by atoms with Gasteiger partial charge in [-0.2, -0.15) is 4.39 Å². The van der Waals surface area contributed by atoms with Crippen molar-refractivity contribution in [1.82, 2.24) is 9.97 Å². The average molecular weight is 331 g/mol. The highest BCUT2D eigenvalue weighted by Crippen LogP contribution is 2.29. The zero-order valence-corrected chi connectivity index (χ0v) is 12.6. The van der Waals surface area contributed by atoms with E-state index in [0.717, 1.165) is 6.21 Å². The highest BCUT2D eigenvalue weighted by molar-refractivity contribution is 7.98. The van der Waals surface area contributed by atoms with Crippen molar-refractivity contribution in [2.45, 2.75) is 10.8 Å². The lowest BCUT2D eigenvalue weighted by Gasteiger charge is -2.09. The molecule has 0 atom stereocenters. The predicted molar refractivity (Wildman–Crippen MR) is 86.2 cm³/mol. The second kappa shape index (κ2) is 6.29. The smallest absolute Gasteiger partial charge is 0.258 e. The molecule has 0 saturated carbocycles. The van der Waals surface area contributed by atoms with Gasteiger partial charge in [0.15, 0.2) is 0 Å². The van der Waals surface area contributed by atoms with Crippen LogP contribution >= 0.6 is 11.8 Å². The zero-order chi connectivity index (χ0) is 16.4. The number of thioether (sulfide) groups is 1. The van der Waals surface area contributed by atoms with Crippen LogP contribution in [0.15, 0.2) is 46.3 Å². The van der Waals surface area contributed by atoms with Gasteiger partial charge in [-0.25, -0.2) is 9.37 Å². The minimum absolute atomic E-state index is 0.164. The van der Waals surface area contributed by atoms with Gasteiger partial charge < -0.3 is 10.4 Å². The molecule has 0 radical (unpaired) electrons. The lowest BCUT2D eigenvalue weighted by atomic mass is 10.1. The molecule has 3 aromatic rings. The largest absolute Gasteiger partial charge is 0.316 e. The third kappa shape index (κ3) is 3.00. The van der Waals surface area contributed by atoms with E-state index in [-0.39, 0.29) is 11.3 Å². The molecule has 23 heavy (non-hydrogen) atoms. The second-order valence-electron chi connectivity index (χ2n) is 4.77. The standard InChI is InChI=1S/C16H11F2N3OS/c17-10-3-4-11-12(6-10)16(21-15(22)13(11)7-19)23-8-9-2-1-5-20-14(9)18/h1-7,19H,8H2,(H,21,22). The molecule has 116 valence electrons. The summed E-state index contributed by atoms with van der Waals surface area (Å²) in [7, 11) is 0. The van der Waals surface area contributed by atoms with Crippen molar-refractivity contribution < 1.29 is 8.78 Å². The first-order valence-corrected chi connectivity index (χ1v) is 7.67. The Morgan fingerprint density at radius 2 is 2.09 bits per heavy atom. The van der Waals surface area contributed by atoms with Crippen LogP contribution in [0.2, 0.25) is 0 Å². The van der Waals surface area contributed by atoms with Crippen molar-refractivity contribution >= 4 is 28.7 Å². The molecule has 0 aliphatic carbocycles. The maximum atomic E-state index is 13.6. The summed E-state index contributed by atoms with van der Waals surface area (Å²) in [6.07, 6.45) is 2.29. The van der Waals surface area contributed by atoms with Crippen LogP contribution in [-0.4, -0.2) is 16.2 Å². The monoisotopic (exact) mass is 331 g/mol. The van der Waals surface area contributed by atoms with Gasteiger partial charge in [0.2, 0.25) is 5.95 Å². The zero-order valence-electron chi connectivity index (χ0n) is 11.8. The Hall–Kier alpha value is -2.54. The van der Waals surface area contributed by atoms with Crippen molar-refractivity contribution in [2.24, 2.45) is 0 Å². The van der Waals surface area contributed by atoms with Gasteiger partial charge in [0.1, 0.15) is 5.82 Å². The first-order chi connectivity index (χ1) is 11.1. The average Bonchev–Trinajstić information content (AvgIpc) is 2.54. The Balaban J connectivity index is 2.07. The molecule has 7 heteroatoms. The van der Waals surface area contributed by atoms with Gasteiger partial charge in [-0.1, -0.05) is 12.1 Å². The van der Waals surface area contributed by atoms with Gasteiger partial charge in [0.05, 0.1) is 10.6 Å². The topological polar surface area (TPSA) is 69.6 Å². The number of nitrogens with one attached hydrogen (secondary N) is 2. The van der Waals surface area contributed by atoms with E-state index in [1.165, 1.54) is 36.2 Å². The minimum Gasteiger partial charge on any atom is -0.316 e. The Morgan fingerprint density at radius 3 is 2.83 bits per heavy atom. The Morgan fingerprint density at radius 1 is 1.26 bits per heavy atom. The van der Waals surface area contributed by atoms with Crippen LogP contribution in [0, 0.1) is 17.2 Å². The van der Waals surface area contributed by atoms with Gasteiger partial charge >= 0.3 is 0 Å². The molecular formula is C16H11F2N3OS. The molecule has 2 aromatic heterocycles. The number of fused-ring (bicyclic) bond motifs is 1. The number of aromatic nitrogens is 2. The molecule has 1 aromatic carbocycles. The lowest BCUT2D eigenvalue weighted by Crippen LogP contribution is -2.13. The summed E-state index contributed by atoms with van der Waals surface area (Å²) in [6, 6.07) is 7.22. The quantitative estimate of drug-likeness (QED) is 0.437. The number of H-pyrrole nitrogens is 1. The maximum Gasteiger partial charge on any atom is 0.258 e. The summed E-state index contributed by atoms with van der Waals surface area (Å²) in [5.41, 5.74) is 0.115. The summed E-state index contributed by atoms with van der Waals surface area (Å²) >= 11 is 1.18. The normalized spacial score (nSPS) is 10.9. The molecule has 2 N–H and O–H groups in total. The lowest BCUT2D eigenvalue weighted by molar-refractivity contribution is 0.573. The van der Waals surface area contributed by atoms with E-state index < -0.39 is 17.3 Å². The molecular weight excluding hydrogens is 320 g/mol. The molecule has 0 bridgehead atoms.